The molecule has 84 valence electrons. The molecule has 0 spiro atoms. The van der Waals surface area contributed by atoms with Crippen molar-refractivity contribution in [3.8, 4) is 0 Å². The van der Waals surface area contributed by atoms with E-state index >= 15 is 0 Å². The Labute approximate surface area is 93.1 Å². The van der Waals surface area contributed by atoms with Crippen molar-refractivity contribution < 1.29 is 0 Å². The highest BCUT2D eigenvalue weighted by Gasteiger charge is 2.11. The van der Waals surface area contributed by atoms with Crippen molar-refractivity contribution in [3.63, 3.8) is 0 Å². The van der Waals surface area contributed by atoms with Crippen LogP contribution in [0.4, 0.5) is 5.69 Å². The highest BCUT2D eigenvalue weighted by Crippen LogP contribution is 2.29. The van der Waals surface area contributed by atoms with Crippen LogP contribution >= 0.6 is 0 Å². The third-order valence-corrected chi connectivity index (χ3v) is 3.39. The molecule has 0 aliphatic rings. The largest absolute Gasteiger partial charge is 0.321 e. The highest BCUT2D eigenvalue weighted by atomic mass is 15.3. The van der Waals surface area contributed by atoms with Crippen molar-refractivity contribution in [3.05, 3.63) is 27.8 Å². The Bertz CT molecular complexity index is 338. The first kappa shape index (κ1) is 12.1. The van der Waals surface area contributed by atoms with E-state index in [1.54, 1.807) is 0 Å². The van der Waals surface area contributed by atoms with Crippen molar-refractivity contribution in [2.75, 3.05) is 12.0 Å². The second-order valence-corrected chi connectivity index (χ2v) is 4.16. The molecule has 0 atom stereocenters. The molecule has 0 aromatic heterocycles. The third-order valence-electron chi connectivity index (χ3n) is 3.39. The van der Waals surface area contributed by atoms with Gasteiger partial charge in [0.1, 0.15) is 0 Å². The lowest BCUT2D eigenvalue weighted by Crippen LogP contribution is -2.22. The lowest BCUT2D eigenvalue weighted by molar-refractivity contribution is 0.839. The Morgan fingerprint density at radius 1 is 0.733 bits per heavy atom. The van der Waals surface area contributed by atoms with Gasteiger partial charge in [-0.25, -0.2) is 5.43 Å². The van der Waals surface area contributed by atoms with E-state index in [0.717, 1.165) is 6.54 Å². The van der Waals surface area contributed by atoms with E-state index in [2.05, 4.69) is 52.4 Å². The zero-order valence-electron chi connectivity index (χ0n) is 10.7. The molecular weight excluding hydrogens is 184 g/mol. The molecule has 0 fully saturated rings. The summed E-state index contributed by atoms with van der Waals surface area (Å²) in [5.74, 6) is 0. The molecule has 0 saturated heterocycles. The number of rotatable bonds is 3. The summed E-state index contributed by atoms with van der Waals surface area (Å²) in [5.41, 5.74) is 14.6. The Balaban J connectivity index is 3.26. The summed E-state index contributed by atoms with van der Waals surface area (Å²) in [6.07, 6.45) is 0. The molecular formula is C13H22N2. The first-order valence-electron chi connectivity index (χ1n) is 5.56. The van der Waals surface area contributed by atoms with Crippen LogP contribution in [0.2, 0.25) is 0 Å². The van der Waals surface area contributed by atoms with Gasteiger partial charge < -0.3 is 5.43 Å². The topological polar surface area (TPSA) is 24.1 Å². The van der Waals surface area contributed by atoms with Crippen LogP contribution in [0.5, 0.6) is 0 Å². The molecule has 2 N–H and O–H groups in total. The van der Waals surface area contributed by atoms with Crippen LogP contribution in [0.3, 0.4) is 0 Å². The molecule has 2 nitrogen and oxygen atoms in total. The van der Waals surface area contributed by atoms with E-state index in [9.17, 15) is 0 Å². The maximum atomic E-state index is 3.29. The summed E-state index contributed by atoms with van der Waals surface area (Å²) in [6.45, 7) is 13.9. The predicted octanol–water partition coefficient (Wildman–Crippen LogP) is 3.17. The first-order valence-corrected chi connectivity index (χ1v) is 5.56. The van der Waals surface area contributed by atoms with Gasteiger partial charge in [-0.1, -0.05) is 6.92 Å². The van der Waals surface area contributed by atoms with Gasteiger partial charge in [0.2, 0.25) is 0 Å². The maximum Gasteiger partial charge on any atom is 0.0551 e. The molecule has 0 amide bonds. The fraction of sp³-hybridized carbons (Fsp3) is 0.538. The van der Waals surface area contributed by atoms with Gasteiger partial charge in [0.15, 0.2) is 0 Å². The fourth-order valence-electron chi connectivity index (χ4n) is 1.86. The van der Waals surface area contributed by atoms with Gasteiger partial charge >= 0.3 is 0 Å². The van der Waals surface area contributed by atoms with Gasteiger partial charge in [0.25, 0.3) is 0 Å². The van der Waals surface area contributed by atoms with Crippen molar-refractivity contribution in [1.82, 2.24) is 5.43 Å². The average Bonchev–Trinajstić information content (AvgIpc) is 2.24. The second-order valence-electron chi connectivity index (χ2n) is 4.16. The monoisotopic (exact) mass is 206 g/mol. The van der Waals surface area contributed by atoms with Crippen LogP contribution in [0.1, 0.15) is 34.7 Å². The van der Waals surface area contributed by atoms with E-state index in [4.69, 9.17) is 0 Å². The maximum absolute atomic E-state index is 3.29. The van der Waals surface area contributed by atoms with Crippen LogP contribution in [0.15, 0.2) is 0 Å². The van der Waals surface area contributed by atoms with E-state index in [0.29, 0.717) is 0 Å². The molecule has 0 heterocycles. The van der Waals surface area contributed by atoms with E-state index < -0.39 is 0 Å². The van der Waals surface area contributed by atoms with Gasteiger partial charge in [-0.3, -0.25) is 0 Å². The molecule has 2 heteroatoms. The lowest BCUT2D eigenvalue weighted by atomic mass is 9.93. The summed E-state index contributed by atoms with van der Waals surface area (Å²) in [7, 11) is 0. The van der Waals surface area contributed by atoms with E-state index in [-0.39, 0.29) is 0 Å². The Morgan fingerprint density at radius 3 is 1.53 bits per heavy atom. The number of anilines is 1. The lowest BCUT2D eigenvalue weighted by Gasteiger charge is -2.19. The zero-order valence-corrected chi connectivity index (χ0v) is 10.7. The van der Waals surface area contributed by atoms with Crippen molar-refractivity contribution in [1.29, 1.82) is 0 Å². The molecule has 0 aliphatic carbocycles. The summed E-state index contributed by atoms with van der Waals surface area (Å²) in [5, 5.41) is 0. The van der Waals surface area contributed by atoms with Gasteiger partial charge in [-0.05, 0) is 62.4 Å². The zero-order chi connectivity index (χ0) is 11.6. The standard InChI is InChI=1S/C13H22N2/c1-7-14-15-13-11(5)9(3)8(2)10(4)12(13)6/h14-15H,7H2,1-6H3. The molecule has 0 saturated carbocycles. The highest BCUT2D eigenvalue weighted by molar-refractivity contribution is 5.64. The smallest absolute Gasteiger partial charge is 0.0551 e. The molecule has 1 aromatic rings. The average molecular weight is 206 g/mol. The first-order chi connectivity index (χ1) is 7.00. The Hall–Kier alpha value is -1.02. The van der Waals surface area contributed by atoms with Gasteiger partial charge in [0, 0.05) is 6.54 Å². The van der Waals surface area contributed by atoms with Crippen LogP contribution in [-0.2, 0) is 0 Å². The van der Waals surface area contributed by atoms with Crippen LogP contribution in [0, 0.1) is 34.6 Å². The molecule has 1 aromatic carbocycles. The molecule has 0 bridgehead atoms. The summed E-state index contributed by atoms with van der Waals surface area (Å²) in [4.78, 5) is 0. The minimum atomic E-state index is 0.921. The minimum absolute atomic E-state index is 0.921. The number of hydrogen-bond acceptors (Lipinski definition) is 2. The van der Waals surface area contributed by atoms with Crippen molar-refractivity contribution in [2.24, 2.45) is 0 Å². The summed E-state index contributed by atoms with van der Waals surface area (Å²) in [6, 6.07) is 0. The Kier molecular flexibility index (Phi) is 3.75. The minimum Gasteiger partial charge on any atom is -0.321 e. The van der Waals surface area contributed by atoms with Gasteiger partial charge in [-0.2, -0.15) is 0 Å². The summed E-state index contributed by atoms with van der Waals surface area (Å²) >= 11 is 0. The molecule has 15 heavy (non-hydrogen) atoms. The van der Waals surface area contributed by atoms with Gasteiger partial charge in [-0.15, -0.1) is 0 Å². The predicted molar refractivity (Wildman–Crippen MR) is 67.4 cm³/mol. The molecule has 1 rings (SSSR count). The van der Waals surface area contributed by atoms with E-state index in [1.165, 1.54) is 33.5 Å². The second kappa shape index (κ2) is 4.67. The van der Waals surface area contributed by atoms with Crippen molar-refractivity contribution in [2.45, 2.75) is 41.5 Å². The Morgan fingerprint density at radius 2 is 1.13 bits per heavy atom. The number of benzene rings is 1. The van der Waals surface area contributed by atoms with Crippen LogP contribution in [-0.4, -0.2) is 6.54 Å². The number of hydrogen-bond donors (Lipinski definition) is 2. The number of hydrazine groups is 1. The third kappa shape index (κ3) is 2.15. The number of nitrogens with one attached hydrogen (secondary N) is 2. The van der Waals surface area contributed by atoms with Gasteiger partial charge in [0.05, 0.1) is 5.69 Å². The van der Waals surface area contributed by atoms with Crippen LogP contribution < -0.4 is 10.9 Å². The molecule has 0 radical (unpaired) electrons. The normalized spacial score (nSPS) is 10.5. The summed E-state index contributed by atoms with van der Waals surface area (Å²) < 4.78 is 0. The quantitative estimate of drug-likeness (QED) is 0.742. The van der Waals surface area contributed by atoms with Crippen molar-refractivity contribution >= 4 is 5.69 Å². The molecule has 0 aliphatic heterocycles. The van der Waals surface area contributed by atoms with E-state index in [1.807, 2.05) is 0 Å². The molecule has 0 unspecified atom stereocenters. The fourth-order valence-corrected chi connectivity index (χ4v) is 1.86. The van der Waals surface area contributed by atoms with Crippen LogP contribution in [0.25, 0.3) is 0 Å². The SMILES string of the molecule is CCNNc1c(C)c(C)c(C)c(C)c1C.